The summed E-state index contributed by atoms with van der Waals surface area (Å²) in [4.78, 5) is 0. The van der Waals surface area contributed by atoms with Crippen LogP contribution in [0, 0.1) is 5.41 Å². The van der Waals surface area contributed by atoms with Crippen LogP contribution in [0.3, 0.4) is 0 Å². The predicted molar refractivity (Wildman–Crippen MR) is 79.7 cm³/mol. The number of rotatable bonds is 6. The van der Waals surface area contributed by atoms with Gasteiger partial charge in [-0.05, 0) is 35.3 Å². The van der Waals surface area contributed by atoms with E-state index in [2.05, 4.69) is 64.1 Å². The molecule has 0 aliphatic heterocycles. The highest BCUT2D eigenvalue weighted by Gasteiger charge is 2.14. The molecule has 1 N–H and O–H groups in total. The van der Waals surface area contributed by atoms with Crippen molar-refractivity contribution in [2.45, 2.75) is 46.5 Å². The highest BCUT2D eigenvalue weighted by Crippen LogP contribution is 2.22. The van der Waals surface area contributed by atoms with Gasteiger partial charge >= 0.3 is 0 Å². The van der Waals surface area contributed by atoms with Crippen molar-refractivity contribution in [2.24, 2.45) is 5.41 Å². The lowest BCUT2D eigenvalue weighted by atomic mass is 9.89. The molecular formula is C17H26O. The van der Waals surface area contributed by atoms with Gasteiger partial charge in [-0.1, -0.05) is 64.1 Å². The van der Waals surface area contributed by atoms with Gasteiger partial charge in [0.2, 0.25) is 0 Å². The summed E-state index contributed by atoms with van der Waals surface area (Å²) in [5.74, 6) is 0.576. The third-order valence-corrected chi connectivity index (χ3v) is 3.30. The first-order valence-corrected chi connectivity index (χ1v) is 6.82. The van der Waals surface area contributed by atoms with E-state index in [0.29, 0.717) is 5.92 Å². The Balaban J connectivity index is 2.54. The minimum absolute atomic E-state index is 0.0319. The average Bonchev–Trinajstić information content (AvgIpc) is 2.35. The first kappa shape index (κ1) is 15.0. The lowest BCUT2D eigenvalue weighted by molar-refractivity contribution is 0.151. The molecule has 1 rings (SSSR count). The van der Waals surface area contributed by atoms with Crippen LogP contribution in [0.1, 0.15) is 57.6 Å². The van der Waals surface area contributed by atoms with Crippen molar-refractivity contribution in [2.75, 3.05) is 6.61 Å². The topological polar surface area (TPSA) is 20.2 Å². The SMILES string of the molecule is CC(C)c1cccc(C=CCCC(C)(C)CO)c1. The van der Waals surface area contributed by atoms with Crippen LogP contribution in [-0.4, -0.2) is 11.7 Å². The van der Waals surface area contributed by atoms with Gasteiger partial charge in [-0.25, -0.2) is 0 Å². The molecule has 1 aromatic rings. The second kappa shape index (κ2) is 6.75. The molecular weight excluding hydrogens is 220 g/mol. The van der Waals surface area contributed by atoms with Gasteiger partial charge in [0.15, 0.2) is 0 Å². The molecule has 0 radical (unpaired) electrons. The van der Waals surface area contributed by atoms with Crippen LogP contribution in [0.4, 0.5) is 0 Å². The Morgan fingerprint density at radius 2 is 2.00 bits per heavy atom. The normalized spacial score (nSPS) is 12.6. The predicted octanol–water partition coefficient (Wildman–Crippen LogP) is 4.62. The van der Waals surface area contributed by atoms with Gasteiger partial charge < -0.3 is 5.11 Å². The molecule has 0 heterocycles. The first-order valence-electron chi connectivity index (χ1n) is 6.82. The summed E-state index contributed by atoms with van der Waals surface area (Å²) in [7, 11) is 0. The van der Waals surface area contributed by atoms with Crippen molar-refractivity contribution in [3.05, 3.63) is 41.5 Å². The minimum Gasteiger partial charge on any atom is -0.396 e. The summed E-state index contributed by atoms with van der Waals surface area (Å²) in [6, 6.07) is 8.68. The number of benzene rings is 1. The fourth-order valence-electron chi connectivity index (χ4n) is 1.79. The number of aliphatic hydroxyl groups is 1. The van der Waals surface area contributed by atoms with Gasteiger partial charge in [0.1, 0.15) is 0 Å². The maximum Gasteiger partial charge on any atom is 0.0482 e. The van der Waals surface area contributed by atoms with E-state index < -0.39 is 0 Å². The van der Waals surface area contributed by atoms with Crippen molar-refractivity contribution in [3.8, 4) is 0 Å². The molecule has 18 heavy (non-hydrogen) atoms. The minimum atomic E-state index is 0.0319. The van der Waals surface area contributed by atoms with Crippen LogP contribution >= 0.6 is 0 Å². The quantitative estimate of drug-likeness (QED) is 0.776. The maximum absolute atomic E-state index is 9.18. The Kier molecular flexibility index (Phi) is 5.61. The van der Waals surface area contributed by atoms with Crippen molar-refractivity contribution < 1.29 is 5.11 Å². The molecule has 1 nitrogen and oxygen atoms in total. The molecule has 0 fully saturated rings. The summed E-state index contributed by atoms with van der Waals surface area (Å²) in [5, 5.41) is 9.18. The largest absolute Gasteiger partial charge is 0.396 e. The number of allylic oxidation sites excluding steroid dienone is 1. The van der Waals surface area contributed by atoms with E-state index in [-0.39, 0.29) is 12.0 Å². The van der Waals surface area contributed by atoms with E-state index in [4.69, 9.17) is 0 Å². The summed E-state index contributed by atoms with van der Waals surface area (Å²) in [5.41, 5.74) is 2.68. The molecule has 0 saturated carbocycles. The van der Waals surface area contributed by atoms with Crippen molar-refractivity contribution in [1.29, 1.82) is 0 Å². The molecule has 0 bridgehead atoms. The second-order valence-corrected chi connectivity index (χ2v) is 6.09. The van der Waals surface area contributed by atoms with Gasteiger partial charge in [-0.2, -0.15) is 0 Å². The maximum atomic E-state index is 9.18. The van der Waals surface area contributed by atoms with Gasteiger partial charge in [0.05, 0.1) is 0 Å². The summed E-state index contributed by atoms with van der Waals surface area (Å²) < 4.78 is 0. The Morgan fingerprint density at radius 3 is 2.61 bits per heavy atom. The first-order chi connectivity index (χ1) is 8.44. The molecule has 0 aliphatic carbocycles. The lowest BCUT2D eigenvalue weighted by Crippen LogP contribution is -2.15. The second-order valence-electron chi connectivity index (χ2n) is 6.09. The molecule has 1 aromatic carbocycles. The average molecular weight is 246 g/mol. The molecule has 0 unspecified atom stereocenters. The van der Waals surface area contributed by atoms with Gasteiger partial charge in [-0.3, -0.25) is 0 Å². The zero-order valence-corrected chi connectivity index (χ0v) is 12.1. The number of aliphatic hydroxyl groups excluding tert-OH is 1. The standard InChI is InChI=1S/C17H26O/c1-14(2)16-10-7-9-15(12-16)8-5-6-11-17(3,4)13-18/h5,7-10,12,14,18H,6,11,13H2,1-4H3. The van der Waals surface area contributed by atoms with E-state index in [1.807, 2.05) is 0 Å². The molecule has 100 valence electrons. The van der Waals surface area contributed by atoms with Crippen LogP contribution in [0.5, 0.6) is 0 Å². The summed E-state index contributed by atoms with van der Waals surface area (Å²) in [6.07, 6.45) is 6.42. The molecule has 0 spiro atoms. The zero-order valence-electron chi connectivity index (χ0n) is 12.1. The molecule has 0 atom stereocenters. The number of hydrogen-bond donors (Lipinski definition) is 1. The molecule has 0 aliphatic rings. The third kappa shape index (κ3) is 5.05. The van der Waals surface area contributed by atoms with Crippen molar-refractivity contribution in [3.63, 3.8) is 0 Å². The highest BCUT2D eigenvalue weighted by atomic mass is 16.3. The molecule has 0 aromatic heterocycles. The highest BCUT2D eigenvalue weighted by molar-refractivity contribution is 5.50. The summed E-state index contributed by atoms with van der Waals surface area (Å²) >= 11 is 0. The monoisotopic (exact) mass is 246 g/mol. The molecule has 1 heteroatoms. The van der Waals surface area contributed by atoms with Crippen LogP contribution in [0.15, 0.2) is 30.3 Å². The Morgan fingerprint density at radius 1 is 1.28 bits per heavy atom. The van der Waals surface area contributed by atoms with Crippen LogP contribution < -0.4 is 0 Å². The Labute approximate surface area is 112 Å². The smallest absolute Gasteiger partial charge is 0.0482 e. The van der Waals surface area contributed by atoms with Crippen molar-refractivity contribution in [1.82, 2.24) is 0 Å². The van der Waals surface area contributed by atoms with Gasteiger partial charge in [-0.15, -0.1) is 0 Å². The lowest BCUT2D eigenvalue weighted by Gasteiger charge is -2.19. The Hall–Kier alpha value is -1.08. The zero-order chi connectivity index (χ0) is 13.6. The third-order valence-electron chi connectivity index (χ3n) is 3.30. The summed E-state index contributed by atoms with van der Waals surface area (Å²) in [6.45, 7) is 8.88. The van der Waals surface area contributed by atoms with Gasteiger partial charge in [0.25, 0.3) is 0 Å². The van der Waals surface area contributed by atoms with Crippen LogP contribution in [-0.2, 0) is 0 Å². The van der Waals surface area contributed by atoms with Gasteiger partial charge in [0, 0.05) is 6.61 Å². The molecule has 0 saturated heterocycles. The van der Waals surface area contributed by atoms with Crippen LogP contribution in [0.2, 0.25) is 0 Å². The fourth-order valence-corrected chi connectivity index (χ4v) is 1.79. The van der Waals surface area contributed by atoms with Crippen molar-refractivity contribution >= 4 is 6.08 Å². The van der Waals surface area contributed by atoms with Crippen LogP contribution in [0.25, 0.3) is 6.08 Å². The van der Waals surface area contributed by atoms with E-state index in [9.17, 15) is 5.11 Å². The van der Waals surface area contributed by atoms with E-state index in [0.717, 1.165) is 12.8 Å². The van der Waals surface area contributed by atoms with E-state index in [1.165, 1.54) is 11.1 Å². The molecule has 0 amide bonds. The fraction of sp³-hybridized carbons (Fsp3) is 0.529. The number of hydrogen-bond acceptors (Lipinski definition) is 1. The van der Waals surface area contributed by atoms with E-state index >= 15 is 0 Å². The Bertz CT molecular complexity index is 388. The van der Waals surface area contributed by atoms with E-state index in [1.54, 1.807) is 0 Å².